The van der Waals surface area contributed by atoms with E-state index in [1.807, 2.05) is 12.1 Å². The summed E-state index contributed by atoms with van der Waals surface area (Å²) in [7, 11) is 0. The van der Waals surface area contributed by atoms with Gasteiger partial charge < -0.3 is 11.1 Å². The molecule has 3 heterocycles. The van der Waals surface area contributed by atoms with Crippen molar-refractivity contribution in [1.82, 2.24) is 5.32 Å². The van der Waals surface area contributed by atoms with Crippen molar-refractivity contribution in [2.45, 2.75) is 44.2 Å². The molecule has 1 spiro atoms. The molecule has 2 aromatic rings. The lowest BCUT2D eigenvalue weighted by Gasteiger charge is -2.29. The first-order chi connectivity index (χ1) is 16.3. The van der Waals surface area contributed by atoms with Crippen molar-refractivity contribution in [2.24, 2.45) is 17.6 Å². The summed E-state index contributed by atoms with van der Waals surface area (Å²) in [5.74, 6) is -3.98. The first-order valence-corrected chi connectivity index (χ1v) is 11.8. The fourth-order valence-corrected chi connectivity index (χ4v) is 5.78. The van der Waals surface area contributed by atoms with Crippen LogP contribution in [0.5, 0.6) is 0 Å². The zero-order chi connectivity index (χ0) is 24.2. The fourth-order valence-electron chi connectivity index (χ4n) is 5.61. The lowest BCUT2D eigenvalue weighted by molar-refractivity contribution is -0.130. The van der Waals surface area contributed by atoms with Crippen LogP contribution in [0.2, 0.25) is 5.02 Å². The summed E-state index contributed by atoms with van der Waals surface area (Å²) in [6, 6.07) is 11.5. The smallest absolute Gasteiger partial charge is 0.250 e. The molecule has 0 bridgehead atoms. The van der Waals surface area contributed by atoms with Gasteiger partial charge >= 0.3 is 0 Å². The van der Waals surface area contributed by atoms with Crippen LogP contribution in [0, 0.1) is 11.8 Å². The number of fused-ring (bicyclic) bond motifs is 4. The number of carbonyl (C=O) groups excluding carboxylic acids is 4. The number of nitrogens with two attached hydrogens (primary N) is 1. The van der Waals surface area contributed by atoms with Crippen molar-refractivity contribution >= 4 is 46.6 Å². The molecule has 2 saturated heterocycles. The summed E-state index contributed by atoms with van der Waals surface area (Å²) >= 11 is 6.23. The minimum Gasteiger partial charge on any atom is -0.370 e. The molecule has 0 aliphatic carbocycles. The van der Waals surface area contributed by atoms with Gasteiger partial charge in [-0.3, -0.25) is 24.5 Å². The summed E-state index contributed by atoms with van der Waals surface area (Å²) in [4.78, 5) is 53.8. The first-order valence-electron chi connectivity index (χ1n) is 11.4. The highest BCUT2D eigenvalue weighted by Gasteiger charge is 2.70. The summed E-state index contributed by atoms with van der Waals surface area (Å²) < 4.78 is 0. The third-order valence-corrected chi connectivity index (χ3v) is 7.35. The number of aryl methyl sites for hydroxylation is 1. The number of imide groups is 1. The normalized spacial score (nSPS) is 27.3. The number of rotatable bonds is 6. The largest absolute Gasteiger partial charge is 0.370 e. The second-order valence-electron chi connectivity index (χ2n) is 9.16. The van der Waals surface area contributed by atoms with Crippen molar-refractivity contribution in [3.63, 3.8) is 0 Å². The predicted octanol–water partition coefficient (Wildman–Crippen LogP) is 2.48. The Labute approximate surface area is 201 Å². The average Bonchev–Trinajstić information content (AvgIpc) is 3.37. The van der Waals surface area contributed by atoms with E-state index in [4.69, 9.17) is 17.3 Å². The van der Waals surface area contributed by atoms with E-state index in [1.54, 1.807) is 30.3 Å². The van der Waals surface area contributed by atoms with E-state index in [0.717, 1.165) is 29.7 Å². The molecule has 4 atom stereocenters. The number of nitrogens with one attached hydrogen (secondary N) is 2. The van der Waals surface area contributed by atoms with E-state index in [-0.39, 0.29) is 6.42 Å². The highest BCUT2D eigenvalue weighted by Crippen LogP contribution is 2.54. The van der Waals surface area contributed by atoms with Crippen LogP contribution in [0.3, 0.4) is 0 Å². The Bertz CT molecular complexity index is 1210. The zero-order valence-electron chi connectivity index (χ0n) is 18.6. The molecule has 9 heteroatoms. The standard InChI is InChI=1S/C25H25ClN4O4/c1-2-3-4-13-5-8-15(9-6-13)30-22(32)20-18(12-19(27)31)29-25(21(20)23(30)33)16-11-14(26)7-10-17(16)28-24(25)34/h5-11,18,20-21,29H,2-4,12H2,1H3,(H2,27,31)(H,28,34)/t18-,20-,21+,25-/m1/s1. The molecule has 0 radical (unpaired) electrons. The van der Waals surface area contributed by atoms with Crippen molar-refractivity contribution in [2.75, 3.05) is 10.2 Å². The van der Waals surface area contributed by atoms with Crippen LogP contribution in [0.25, 0.3) is 0 Å². The van der Waals surface area contributed by atoms with Crippen molar-refractivity contribution in [1.29, 1.82) is 0 Å². The van der Waals surface area contributed by atoms with Gasteiger partial charge in [0.05, 0.1) is 17.5 Å². The molecule has 176 valence electrons. The maximum Gasteiger partial charge on any atom is 0.250 e. The Morgan fingerprint density at radius 3 is 2.53 bits per heavy atom. The van der Waals surface area contributed by atoms with E-state index in [0.29, 0.717) is 22.0 Å². The molecule has 4 amide bonds. The number of anilines is 2. The molecule has 4 N–H and O–H groups in total. The number of nitrogens with zero attached hydrogens (tertiary/aromatic N) is 1. The van der Waals surface area contributed by atoms with Crippen molar-refractivity contribution in [3.8, 4) is 0 Å². The van der Waals surface area contributed by atoms with E-state index in [2.05, 4.69) is 17.6 Å². The van der Waals surface area contributed by atoms with Crippen LogP contribution < -0.4 is 21.3 Å². The topological polar surface area (TPSA) is 122 Å². The molecular weight excluding hydrogens is 456 g/mol. The van der Waals surface area contributed by atoms with Gasteiger partial charge in [-0.15, -0.1) is 0 Å². The highest BCUT2D eigenvalue weighted by molar-refractivity contribution is 6.31. The first kappa shape index (κ1) is 22.6. The predicted molar refractivity (Wildman–Crippen MR) is 127 cm³/mol. The molecule has 0 unspecified atom stereocenters. The maximum absolute atomic E-state index is 13.8. The van der Waals surface area contributed by atoms with Gasteiger partial charge in [0.15, 0.2) is 0 Å². The van der Waals surface area contributed by atoms with Gasteiger partial charge in [0.2, 0.25) is 23.6 Å². The second kappa shape index (κ2) is 8.21. The fraction of sp³-hybridized carbons (Fsp3) is 0.360. The minimum absolute atomic E-state index is 0.186. The van der Waals surface area contributed by atoms with Gasteiger partial charge in [-0.05, 0) is 48.7 Å². The lowest BCUT2D eigenvalue weighted by Crippen LogP contribution is -2.53. The van der Waals surface area contributed by atoms with Gasteiger partial charge in [-0.25, -0.2) is 4.90 Å². The Morgan fingerprint density at radius 2 is 1.85 bits per heavy atom. The summed E-state index contributed by atoms with van der Waals surface area (Å²) in [6.07, 6.45) is 2.84. The van der Waals surface area contributed by atoms with Gasteiger partial charge in [0.25, 0.3) is 0 Å². The SMILES string of the molecule is CCCCc1ccc(N2C(=O)[C@H]3[C@@H](C2=O)[C@@]2(N[C@@H]3CC(N)=O)C(=O)Nc3ccc(Cl)cc32)cc1. The van der Waals surface area contributed by atoms with Crippen LogP contribution in [0.4, 0.5) is 11.4 Å². The summed E-state index contributed by atoms with van der Waals surface area (Å²) in [6.45, 7) is 2.12. The van der Waals surface area contributed by atoms with Crippen LogP contribution >= 0.6 is 11.6 Å². The van der Waals surface area contributed by atoms with Crippen LogP contribution in [0.1, 0.15) is 37.3 Å². The number of hydrogen-bond acceptors (Lipinski definition) is 5. The van der Waals surface area contributed by atoms with Gasteiger partial charge in [-0.1, -0.05) is 37.1 Å². The lowest BCUT2D eigenvalue weighted by atomic mass is 9.76. The number of amides is 4. The van der Waals surface area contributed by atoms with E-state index in [9.17, 15) is 19.2 Å². The molecule has 34 heavy (non-hydrogen) atoms. The Morgan fingerprint density at radius 1 is 1.12 bits per heavy atom. The van der Waals surface area contributed by atoms with Crippen molar-refractivity contribution < 1.29 is 19.2 Å². The number of carbonyl (C=O) groups is 4. The second-order valence-corrected chi connectivity index (χ2v) is 9.60. The van der Waals surface area contributed by atoms with Gasteiger partial charge in [-0.2, -0.15) is 0 Å². The number of primary amides is 1. The molecule has 8 nitrogen and oxygen atoms in total. The molecule has 2 aromatic carbocycles. The minimum atomic E-state index is -1.52. The van der Waals surface area contributed by atoms with Gasteiger partial charge in [0, 0.05) is 28.7 Å². The summed E-state index contributed by atoms with van der Waals surface area (Å²) in [5, 5.41) is 6.35. The molecule has 3 aliphatic rings. The number of benzene rings is 2. The van der Waals surface area contributed by atoms with E-state index in [1.165, 1.54) is 0 Å². The Hall–Kier alpha value is -3.23. The average molecular weight is 481 g/mol. The molecule has 3 aliphatic heterocycles. The highest BCUT2D eigenvalue weighted by atomic mass is 35.5. The quantitative estimate of drug-likeness (QED) is 0.548. The molecule has 0 saturated carbocycles. The molecular formula is C25H25ClN4O4. The third kappa shape index (κ3) is 3.24. The number of hydrogen-bond donors (Lipinski definition) is 3. The van der Waals surface area contributed by atoms with E-state index < -0.39 is 47.0 Å². The molecule has 0 aromatic heterocycles. The Balaban J connectivity index is 1.59. The maximum atomic E-state index is 13.8. The van der Waals surface area contributed by atoms with Crippen LogP contribution in [0.15, 0.2) is 42.5 Å². The Kier molecular flexibility index (Phi) is 5.45. The summed E-state index contributed by atoms with van der Waals surface area (Å²) in [5.41, 5.74) is 6.52. The van der Waals surface area contributed by atoms with Gasteiger partial charge in [0.1, 0.15) is 5.54 Å². The monoisotopic (exact) mass is 480 g/mol. The number of halogens is 1. The van der Waals surface area contributed by atoms with Crippen LogP contribution in [-0.4, -0.2) is 29.7 Å². The third-order valence-electron chi connectivity index (χ3n) is 7.11. The molecule has 5 rings (SSSR count). The van der Waals surface area contributed by atoms with Crippen molar-refractivity contribution in [3.05, 3.63) is 58.6 Å². The van der Waals surface area contributed by atoms with Crippen LogP contribution in [-0.2, 0) is 31.1 Å². The molecule has 2 fully saturated rings. The zero-order valence-corrected chi connectivity index (χ0v) is 19.4. The number of unbranched alkanes of at least 4 members (excludes halogenated alkanes) is 1. The van der Waals surface area contributed by atoms with E-state index >= 15 is 0 Å².